The molecule has 0 spiro atoms. The summed E-state index contributed by atoms with van der Waals surface area (Å²) in [6, 6.07) is 11.7. The smallest absolute Gasteiger partial charge is 0.248 e. The van der Waals surface area contributed by atoms with Gasteiger partial charge in [-0.15, -0.1) is 0 Å². The Balaban J connectivity index is 1.71. The van der Waals surface area contributed by atoms with Crippen LogP contribution < -0.4 is 10.1 Å². The number of nitrogens with zero attached hydrogens (tertiary/aromatic N) is 1. The molecule has 158 valence electrons. The summed E-state index contributed by atoms with van der Waals surface area (Å²) in [6.07, 6.45) is 3.36. The molecule has 0 unspecified atom stereocenters. The number of aryl methyl sites for hydroxylation is 3. The van der Waals surface area contributed by atoms with E-state index in [0.29, 0.717) is 6.61 Å². The molecule has 5 nitrogen and oxygen atoms in total. The van der Waals surface area contributed by atoms with E-state index in [4.69, 9.17) is 9.15 Å². The van der Waals surface area contributed by atoms with Gasteiger partial charge in [0.15, 0.2) is 0 Å². The first-order chi connectivity index (χ1) is 14.9. The Bertz CT molecular complexity index is 1330. The summed E-state index contributed by atoms with van der Waals surface area (Å²) in [7, 11) is 0. The molecule has 5 heteroatoms. The van der Waals surface area contributed by atoms with Gasteiger partial charge in [-0.1, -0.05) is 6.07 Å². The molecule has 4 rings (SSSR count). The fraction of sp³-hybridized carbons (Fsp3) is 0.231. The second-order valence-electron chi connectivity index (χ2n) is 7.75. The van der Waals surface area contributed by atoms with Crippen LogP contribution >= 0.6 is 0 Å². The Morgan fingerprint density at radius 3 is 2.74 bits per heavy atom. The molecule has 1 N–H and O–H groups in total. The quantitative estimate of drug-likeness (QED) is 0.387. The molecule has 2 heterocycles. The summed E-state index contributed by atoms with van der Waals surface area (Å²) in [6.45, 7) is 10.3. The van der Waals surface area contributed by atoms with Gasteiger partial charge >= 0.3 is 0 Å². The number of hydrogen-bond donors (Lipinski definition) is 1. The molecule has 0 aliphatic heterocycles. The summed E-state index contributed by atoms with van der Waals surface area (Å²) in [5, 5.41) is 4.94. The average molecular weight is 415 g/mol. The molecular formula is C26H26N2O3. The highest BCUT2D eigenvalue weighted by Gasteiger charge is 2.17. The lowest BCUT2D eigenvalue weighted by Crippen LogP contribution is -2.09. The second-order valence-corrected chi connectivity index (χ2v) is 7.75. The lowest BCUT2D eigenvalue weighted by Gasteiger charge is -2.15. The van der Waals surface area contributed by atoms with Crippen LogP contribution in [0.25, 0.3) is 27.4 Å². The molecule has 0 saturated heterocycles. The van der Waals surface area contributed by atoms with Gasteiger partial charge in [-0.05, 0) is 76.1 Å². The number of carbonyl (C=O) groups is 1. The first kappa shape index (κ1) is 20.7. The zero-order valence-corrected chi connectivity index (χ0v) is 18.5. The number of hydrogen-bond acceptors (Lipinski definition) is 4. The van der Waals surface area contributed by atoms with E-state index in [0.717, 1.165) is 61.3 Å². The van der Waals surface area contributed by atoms with Gasteiger partial charge < -0.3 is 14.5 Å². The zero-order chi connectivity index (χ0) is 22.1. The van der Waals surface area contributed by atoms with E-state index in [9.17, 15) is 4.79 Å². The number of allylic oxidation sites excluding steroid dienone is 1. The van der Waals surface area contributed by atoms with Crippen LogP contribution in [0.5, 0.6) is 5.75 Å². The van der Waals surface area contributed by atoms with Crippen molar-refractivity contribution in [3.05, 3.63) is 71.1 Å². The van der Waals surface area contributed by atoms with E-state index in [1.165, 1.54) is 0 Å². The molecule has 2 aromatic heterocycles. The summed E-state index contributed by atoms with van der Waals surface area (Å²) >= 11 is 0. The molecule has 0 fully saturated rings. The maximum absolute atomic E-state index is 12.9. The van der Waals surface area contributed by atoms with Gasteiger partial charge in [0.1, 0.15) is 11.3 Å². The summed E-state index contributed by atoms with van der Waals surface area (Å²) in [5.74, 6) is 0.547. The highest BCUT2D eigenvalue weighted by atomic mass is 16.5. The molecule has 0 atom stereocenters. The maximum atomic E-state index is 12.9. The molecular weight excluding hydrogens is 388 g/mol. The van der Waals surface area contributed by atoms with Crippen LogP contribution in [0.15, 0.2) is 53.2 Å². The van der Waals surface area contributed by atoms with Crippen LogP contribution in [0.4, 0.5) is 5.69 Å². The predicted molar refractivity (Wildman–Crippen MR) is 126 cm³/mol. The molecule has 0 aliphatic rings. The number of pyridine rings is 1. The number of nitrogens with one attached hydrogen (secondary N) is 1. The number of furan rings is 1. The molecule has 0 saturated carbocycles. The molecule has 31 heavy (non-hydrogen) atoms. The van der Waals surface area contributed by atoms with Crippen molar-refractivity contribution >= 4 is 39.0 Å². The Morgan fingerprint density at radius 2 is 1.97 bits per heavy atom. The number of rotatable bonds is 5. The number of anilines is 1. The van der Waals surface area contributed by atoms with Crippen LogP contribution in [0.2, 0.25) is 0 Å². The third-order valence-corrected chi connectivity index (χ3v) is 5.43. The first-order valence-corrected chi connectivity index (χ1v) is 10.4. The van der Waals surface area contributed by atoms with Crippen molar-refractivity contribution < 1.29 is 13.9 Å². The largest absolute Gasteiger partial charge is 0.493 e. The minimum atomic E-state index is -0.199. The molecule has 0 bridgehead atoms. The topological polar surface area (TPSA) is 64.4 Å². The minimum absolute atomic E-state index is 0.199. The Labute approximate surface area is 181 Å². The van der Waals surface area contributed by atoms with Crippen molar-refractivity contribution in [1.29, 1.82) is 0 Å². The summed E-state index contributed by atoms with van der Waals surface area (Å²) in [4.78, 5) is 17.4. The Hall–Kier alpha value is -3.60. The summed E-state index contributed by atoms with van der Waals surface area (Å²) in [5.41, 5.74) is 7.05. The van der Waals surface area contributed by atoms with E-state index in [1.807, 2.05) is 71.0 Å². The molecule has 2 aromatic carbocycles. The number of ether oxygens (including phenoxy) is 1. The van der Waals surface area contributed by atoms with Crippen LogP contribution in [0.1, 0.15) is 36.2 Å². The van der Waals surface area contributed by atoms with Crippen molar-refractivity contribution in [3.8, 4) is 5.75 Å². The minimum Gasteiger partial charge on any atom is -0.493 e. The number of carbonyl (C=O) groups excluding carboxylic acids is 1. The van der Waals surface area contributed by atoms with Crippen LogP contribution in [-0.4, -0.2) is 17.5 Å². The van der Waals surface area contributed by atoms with Crippen molar-refractivity contribution in [1.82, 2.24) is 4.98 Å². The van der Waals surface area contributed by atoms with Gasteiger partial charge in [0, 0.05) is 33.7 Å². The van der Waals surface area contributed by atoms with Gasteiger partial charge in [0.05, 0.1) is 24.1 Å². The standard InChI is InChI=1S/C26H26N2O3/c1-6-30-25-18(5)26-21(16(3)14-31-26)13-20(25)15(2)12-24(29)28-23-9-7-8-22-19(23)11-10-17(4)27-22/h7-14H,6H2,1-5H3,(H,28,29)/b15-12+. The Morgan fingerprint density at radius 1 is 1.16 bits per heavy atom. The van der Waals surface area contributed by atoms with Crippen LogP contribution in [0.3, 0.4) is 0 Å². The van der Waals surface area contributed by atoms with E-state index >= 15 is 0 Å². The lowest BCUT2D eigenvalue weighted by molar-refractivity contribution is -0.111. The molecule has 1 amide bonds. The first-order valence-electron chi connectivity index (χ1n) is 10.4. The van der Waals surface area contributed by atoms with Crippen molar-refractivity contribution in [3.63, 3.8) is 0 Å². The van der Waals surface area contributed by atoms with Gasteiger partial charge in [-0.3, -0.25) is 9.78 Å². The van der Waals surface area contributed by atoms with Crippen molar-refractivity contribution in [2.24, 2.45) is 0 Å². The SMILES string of the molecule is CCOc1c(/C(C)=C/C(=O)Nc2cccc3nc(C)ccc23)cc2c(C)coc2c1C. The van der Waals surface area contributed by atoms with Crippen molar-refractivity contribution in [2.75, 3.05) is 11.9 Å². The fourth-order valence-corrected chi connectivity index (χ4v) is 3.87. The van der Waals surface area contributed by atoms with E-state index in [-0.39, 0.29) is 5.91 Å². The van der Waals surface area contributed by atoms with E-state index in [2.05, 4.69) is 10.3 Å². The van der Waals surface area contributed by atoms with Gasteiger partial charge in [-0.25, -0.2) is 0 Å². The number of amides is 1. The van der Waals surface area contributed by atoms with Crippen molar-refractivity contribution in [2.45, 2.75) is 34.6 Å². The van der Waals surface area contributed by atoms with E-state index in [1.54, 1.807) is 12.3 Å². The zero-order valence-electron chi connectivity index (χ0n) is 18.5. The van der Waals surface area contributed by atoms with Gasteiger partial charge in [0.2, 0.25) is 5.91 Å². The van der Waals surface area contributed by atoms with Gasteiger partial charge in [0.25, 0.3) is 0 Å². The maximum Gasteiger partial charge on any atom is 0.248 e. The lowest BCUT2D eigenvalue weighted by atomic mass is 9.98. The number of aromatic nitrogens is 1. The average Bonchev–Trinajstić information content (AvgIpc) is 3.10. The normalized spacial score (nSPS) is 11.8. The van der Waals surface area contributed by atoms with Crippen LogP contribution in [0, 0.1) is 20.8 Å². The Kier molecular flexibility index (Phi) is 5.51. The van der Waals surface area contributed by atoms with Crippen LogP contribution in [-0.2, 0) is 4.79 Å². The summed E-state index contributed by atoms with van der Waals surface area (Å²) < 4.78 is 11.7. The third kappa shape index (κ3) is 3.91. The highest BCUT2D eigenvalue weighted by molar-refractivity contribution is 6.08. The molecule has 0 aliphatic carbocycles. The predicted octanol–water partition coefficient (Wildman–Crippen LogP) is 6.35. The second kappa shape index (κ2) is 8.26. The highest BCUT2D eigenvalue weighted by Crippen LogP contribution is 2.37. The fourth-order valence-electron chi connectivity index (χ4n) is 3.87. The number of benzene rings is 2. The van der Waals surface area contributed by atoms with E-state index < -0.39 is 0 Å². The van der Waals surface area contributed by atoms with Gasteiger partial charge in [-0.2, -0.15) is 0 Å². The molecule has 0 radical (unpaired) electrons. The molecule has 4 aromatic rings. The monoisotopic (exact) mass is 414 g/mol. The third-order valence-electron chi connectivity index (χ3n) is 5.43. The number of fused-ring (bicyclic) bond motifs is 2.